The van der Waals surface area contributed by atoms with Crippen molar-refractivity contribution in [1.29, 1.82) is 0 Å². The van der Waals surface area contributed by atoms with Crippen LogP contribution in [0.4, 0.5) is 0 Å². The van der Waals surface area contributed by atoms with Crippen LogP contribution < -0.4 is 5.73 Å². The number of nitrogens with zero attached hydrogens (tertiary/aromatic N) is 3. The van der Waals surface area contributed by atoms with Gasteiger partial charge in [0.05, 0.1) is 11.5 Å². The van der Waals surface area contributed by atoms with Crippen molar-refractivity contribution in [1.82, 2.24) is 14.7 Å². The molecule has 0 radical (unpaired) electrons. The standard InChI is InChI=1S/C14H28N4O2S/c1-5-18(6-2)14(20)11-16(3)9-8-13(19)17(4)10-7-12(15)21/h5-11H2,1-4H3,(H2,15,21). The Labute approximate surface area is 133 Å². The Morgan fingerprint density at radius 2 is 1.57 bits per heavy atom. The van der Waals surface area contributed by atoms with Crippen LogP contribution in [0.25, 0.3) is 0 Å². The highest BCUT2D eigenvalue weighted by Crippen LogP contribution is 1.98. The van der Waals surface area contributed by atoms with Crippen LogP contribution in [-0.2, 0) is 9.59 Å². The van der Waals surface area contributed by atoms with Crippen LogP contribution in [0.15, 0.2) is 0 Å². The Hall–Kier alpha value is -1.21. The van der Waals surface area contributed by atoms with Gasteiger partial charge in [0.15, 0.2) is 0 Å². The van der Waals surface area contributed by atoms with Crippen LogP contribution in [-0.4, -0.2) is 78.3 Å². The third-order valence-electron chi connectivity index (χ3n) is 3.35. The Balaban J connectivity index is 4.06. The van der Waals surface area contributed by atoms with Crippen LogP contribution in [0.1, 0.15) is 26.7 Å². The van der Waals surface area contributed by atoms with Crippen LogP contribution in [0.2, 0.25) is 0 Å². The molecule has 7 heteroatoms. The second-order valence-corrected chi connectivity index (χ2v) is 5.61. The van der Waals surface area contributed by atoms with Crippen LogP contribution >= 0.6 is 12.2 Å². The Kier molecular flexibility index (Phi) is 9.90. The van der Waals surface area contributed by atoms with Gasteiger partial charge >= 0.3 is 0 Å². The van der Waals surface area contributed by atoms with Gasteiger partial charge in [-0.05, 0) is 20.9 Å². The summed E-state index contributed by atoms with van der Waals surface area (Å²) in [5, 5.41) is 0. The van der Waals surface area contributed by atoms with Gasteiger partial charge in [-0.2, -0.15) is 0 Å². The monoisotopic (exact) mass is 316 g/mol. The van der Waals surface area contributed by atoms with E-state index in [9.17, 15) is 9.59 Å². The maximum absolute atomic E-state index is 11.9. The first-order chi connectivity index (χ1) is 9.81. The number of hydrogen-bond acceptors (Lipinski definition) is 4. The van der Waals surface area contributed by atoms with Crippen molar-refractivity contribution in [2.24, 2.45) is 5.73 Å². The number of thiocarbonyl (C=S) groups is 1. The van der Waals surface area contributed by atoms with Gasteiger partial charge in [-0.25, -0.2) is 0 Å². The average molecular weight is 316 g/mol. The topological polar surface area (TPSA) is 69.9 Å². The Morgan fingerprint density at radius 1 is 1.00 bits per heavy atom. The van der Waals surface area contributed by atoms with Gasteiger partial charge in [-0.15, -0.1) is 0 Å². The van der Waals surface area contributed by atoms with E-state index in [0.29, 0.717) is 50.6 Å². The molecule has 0 aromatic carbocycles. The normalized spacial score (nSPS) is 10.5. The molecule has 0 heterocycles. The molecule has 6 nitrogen and oxygen atoms in total. The van der Waals surface area contributed by atoms with E-state index in [2.05, 4.69) is 0 Å². The molecule has 0 aromatic rings. The quantitative estimate of drug-likeness (QED) is 0.588. The minimum absolute atomic E-state index is 0.0355. The van der Waals surface area contributed by atoms with Gasteiger partial charge < -0.3 is 15.5 Å². The molecule has 0 fully saturated rings. The lowest BCUT2D eigenvalue weighted by molar-refractivity contribution is -0.133. The summed E-state index contributed by atoms with van der Waals surface area (Å²) >= 11 is 4.79. The number of carbonyl (C=O) groups excluding carboxylic acids is 2. The number of likely N-dealkylation sites (N-methyl/N-ethyl adjacent to an activating group) is 2. The fourth-order valence-corrected chi connectivity index (χ4v) is 1.96. The highest BCUT2D eigenvalue weighted by atomic mass is 32.1. The van der Waals surface area contributed by atoms with E-state index in [1.807, 2.05) is 25.8 Å². The summed E-state index contributed by atoms with van der Waals surface area (Å²) in [4.78, 5) is 29.5. The van der Waals surface area contributed by atoms with Gasteiger partial charge in [0.2, 0.25) is 11.8 Å². The highest BCUT2D eigenvalue weighted by molar-refractivity contribution is 7.80. The summed E-state index contributed by atoms with van der Waals surface area (Å²) in [7, 11) is 3.59. The zero-order valence-corrected chi connectivity index (χ0v) is 14.4. The highest BCUT2D eigenvalue weighted by Gasteiger charge is 2.14. The molecular formula is C14H28N4O2S. The van der Waals surface area contributed by atoms with E-state index in [-0.39, 0.29) is 11.8 Å². The second kappa shape index (κ2) is 10.5. The molecule has 0 unspecified atom stereocenters. The molecule has 122 valence electrons. The summed E-state index contributed by atoms with van der Waals surface area (Å²) in [6.45, 7) is 6.78. The third kappa shape index (κ3) is 8.62. The van der Waals surface area contributed by atoms with Crippen LogP contribution in [0.5, 0.6) is 0 Å². The lowest BCUT2D eigenvalue weighted by Gasteiger charge is -2.23. The molecule has 0 saturated heterocycles. The molecule has 0 aliphatic carbocycles. The maximum Gasteiger partial charge on any atom is 0.236 e. The molecule has 0 atom stereocenters. The first-order valence-corrected chi connectivity index (χ1v) is 7.71. The molecule has 0 aliphatic rings. The number of amides is 2. The first-order valence-electron chi connectivity index (χ1n) is 7.30. The van der Waals surface area contributed by atoms with E-state index >= 15 is 0 Å². The van der Waals surface area contributed by atoms with Crippen LogP contribution in [0.3, 0.4) is 0 Å². The van der Waals surface area contributed by atoms with Crippen molar-refractivity contribution in [3.63, 3.8) is 0 Å². The molecule has 21 heavy (non-hydrogen) atoms. The summed E-state index contributed by atoms with van der Waals surface area (Å²) in [6.07, 6.45) is 0.920. The molecule has 0 bridgehead atoms. The molecule has 0 aromatic heterocycles. The summed E-state index contributed by atoms with van der Waals surface area (Å²) < 4.78 is 0. The van der Waals surface area contributed by atoms with Crippen molar-refractivity contribution < 1.29 is 9.59 Å². The Bertz CT molecular complexity index is 359. The lowest BCUT2D eigenvalue weighted by Crippen LogP contribution is -2.40. The second-order valence-electron chi connectivity index (χ2n) is 5.09. The zero-order chi connectivity index (χ0) is 16.4. The van der Waals surface area contributed by atoms with Crippen LogP contribution in [0, 0.1) is 0 Å². The van der Waals surface area contributed by atoms with Crippen molar-refractivity contribution >= 4 is 29.0 Å². The van der Waals surface area contributed by atoms with E-state index in [1.54, 1.807) is 16.8 Å². The number of hydrogen-bond donors (Lipinski definition) is 1. The van der Waals surface area contributed by atoms with Gasteiger partial charge in [0, 0.05) is 46.1 Å². The SMILES string of the molecule is CCN(CC)C(=O)CN(C)CCC(=O)N(C)CCC(N)=S. The smallest absolute Gasteiger partial charge is 0.236 e. The largest absolute Gasteiger partial charge is 0.393 e. The van der Waals surface area contributed by atoms with E-state index in [1.165, 1.54) is 0 Å². The van der Waals surface area contributed by atoms with E-state index in [0.717, 1.165) is 0 Å². The van der Waals surface area contributed by atoms with Crippen molar-refractivity contribution in [3.8, 4) is 0 Å². The van der Waals surface area contributed by atoms with Gasteiger partial charge in [-0.3, -0.25) is 14.5 Å². The van der Waals surface area contributed by atoms with Gasteiger partial charge in [-0.1, -0.05) is 12.2 Å². The Morgan fingerprint density at radius 3 is 2.05 bits per heavy atom. The van der Waals surface area contributed by atoms with Crippen molar-refractivity contribution in [3.05, 3.63) is 0 Å². The van der Waals surface area contributed by atoms with Crippen molar-refractivity contribution in [2.75, 3.05) is 46.8 Å². The fourth-order valence-electron chi connectivity index (χ4n) is 1.87. The fraction of sp³-hybridized carbons (Fsp3) is 0.786. The molecule has 2 amide bonds. The van der Waals surface area contributed by atoms with Gasteiger partial charge in [0.25, 0.3) is 0 Å². The van der Waals surface area contributed by atoms with Gasteiger partial charge in [0.1, 0.15) is 0 Å². The van der Waals surface area contributed by atoms with E-state index in [4.69, 9.17) is 18.0 Å². The molecule has 2 N–H and O–H groups in total. The molecular weight excluding hydrogens is 288 g/mol. The number of nitrogens with two attached hydrogens (primary N) is 1. The minimum atomic E-state index is 0.0355. The summed E-state index contributed by atoms with van der Waals surface area (Å²) in [5.41, 5.74) is 5.42. The average Bonchev–Trinajstić information content (AvgIpc) is 2.43. The number of carbonyl (C=O) groups is 2. The third-order valence-corrected chi connectivity index (χ3v) is 3.55. The molecule has 0 aliphatic heterocycles. The predicted octanol–water partition coefficient (Wildman–Crippen LogP) is 0.311. The van der Waals surface area contributed by atoms with E-state index < -0.39 is 0 Å². The maximum atomic E-state index is 11.9. The summed E-state index contributed by atoms with van der Waals surface area (Å²) in [5.74, 6) is 0.130. The molecule has 0 spiro atoms. The molecule has 0 saturated carbocycles. The lowest BCUT2D eigenvalue weighted by atomic mass is 10.3. The predicted molar refractivity (Wildman–Crippen MR) is 89.1 cm³/mol. The molecule has 0 rings (SSSR count). The zero-order valence-electron chi connectivity index (χ0n) is 13.6. The first kappa shape index (κ1) is 19.8. The minimum Gasteiger partial charge on any atom is -0.393 e. The van der Waals surface area contributed by atoms with Crippen molar-refractivity contribution in [2.45, 2.75) is 26.7 Å². The summed E-state index contributed by atoms with van der Waals surface area (Å²) in [6, 6.07) is 0. The number of rotatable bonds is 10.